The Kier molecular flexibility index (Phi) is 5.52. The van der Waals surface area contributed by atoms with Crippen LogP contribution in [-0.2, 0) is 9.59 Å². The molecule has 0 saturated heterocycles. The third-order valence-electron chi connectivity index (χ3n) is 1.93. The van der Waals surface area contributed by atoms with E-state index in [1.165, 1.54) is 6.92 Å². The molecule has 15 heavy (non-hydrogen) atoms. The van der Waals surface area contributed by atoms with E-state index in [9.17, 15) is 9.59 Å². The minimum absolute atomic E-state index is 0.0949. The van der Waals surface area contributed by atoms with Crippen LogP contribution in [0.2, 0.25) is 0 Å². The van der Waals surface area contributed by atoms with E-state index >= 15 is 0 Å². The van der Waals surface area contributed by atoms with Gasteiger partial charge >= 0.3 is 0 Å². The van der Waals surface area contributed by atoms with Crippen molar-refractivity contribution in [1.82, 2.24) is 0 Å². The first-order valence-corrected chi connectivity index (χ1v) is 4.96. The van der Waals surface area contributed by atoms with Crippen molar-refractivity contribution in [3.8, 4) is 0 Å². The third-order valence-corrected chi connectivity index (χ3v) is 1.93. The van der Waals surface area contributed by atoms with Crippen LogP contribution in [-0.4, -0.2) is 17.3 Å². The minimum atomic E-state index is -0.346. The molecule has 0 atom stereocenters. The molecule has 0 unspecified atom stereocenters. The first-order chi connectivity index (χ1) is 6.90. The molecule has 0 aliphatic heterocycles. The van der Waals surface area contributed by atoms with E-state index in [2.05, 4.69) is 0 Å². The molecule has 0 spiro atoms. The molecule has 84 valence electrons. The molecule has 0 aromatic rings. The summed E-state index contributed by atoms with van der Waals surface area (Å²) >= 11 is 0. The molecule has 0 rings (SSSR count). The van der Waals surface area contributed by atoms with Gasteiger partial charge in [-0.3, -0.25) is 9.59 Å². The smallest absolute Gasteiger partial charge is 0.173 e. The van der Waals surface area contributed by atoms with Gasteiger partial charge < -0.3 is 11.1 Å². The van der Waals surface area contributed by atoms with Crippen LogP contribution >= 0.6 is 0 Å². The average Bonchev–Trinajstić information content (AvgIpc) is 2.01. The summed E-state index contributed by atoms with van der Waals surface area (Å²) in [5.41, 5.74) is 6.09. The molecule has 0 radical (unpaired) electrons. The second-order valence-electron chi connectivity index (χ2n) is 3.57. The molecule has 0 bridgehead atoms. The van der Waals surface area contributed by atoms with Gasteiger partial charge in [-0.1, -0.05) is 6.92 Å². The topological polar surface area (TPSA) is 84.0 Å². The lowest BCUT2D eigenvalue weighted by atomic mass is 9.99. The van der Waals surface area contributed by atoms with E-state index in [0.717, 1.165) is 6.42 Å². The van der Waals surface area contributed by atoms with Crippen LogP contribution in [0.5, 0.6) is 0 Å². The molecule has 0 amide bonds. The SMILES string of the molecule is CCCC(=O)CC(=O)/C(C(C)=N)=C(\C)N. The molecule has 3 N–H and O–H groups in total. The van der Waals surface area contributed by atoms with Gasteiger partial charge in [-0.25, -0.2) is 0 Å². The van der Waals surface area contributed by atoms with E-state index in [-0.39, 0.29) is 29.3 Å². The van der Waals surface area contributed by atoms with Crippen LogP contribution in [0.4, 0.5) is 0 Å². The number of hydrogen-bond acceptors (Lipinski definition) is 4. The largest absolute Gasteiger partial charge is 0.402 e. The Labute approximate surface area is 90.0 Å². The summed E-state index contributed by atoms with van der Waals surface area (Å²) in [5, 5.41) is 7.39. The minimum Gasteiger partial charge on any atom is -0.402 e. The Morgan fingerprint density at radius 1 is 1.27 bits per heavy atom. The predicted octanol–water partition coefficient (Wildman–Crippen LogP) is 1.59. The highest BCUT2D eigenvalue weighted by atomic mass is 16.1. The number of hydrogen-bond donors (Lipinski definition) is 2. The molecule has 0 saturated carbocycles. The number of ketones is 2. The highest BCUT2D eigenvalue weighted by Crippen LogP contribution is 2.07. The number of allylic oxidation sites excluding steroid dienone is 2. The maximum Gasteiger partial charge on any atom is 0.173 e. The number of nitrogens with two attached hydrogens (primary N) is 1. The van der Waals surface area contributed by atoms with Crippen LogP contribution in [0.15, 0.2) is 11.3 Å². The number of Topliss-reactive ketones (excluding diaryl/α,β-unsaturated/α-hetero) is 2. The normalized spacial score (nSPS) is 11.9. The fourth-order valence-corrected chi connectivity index (χ4v) is 1.36. The van der Waals surface area contributed by atoms with Crippen molar-refractivity contribution in [2.75, 3.05) is 0 Å². The van der Waals surface area contributed by atoms with Crippen molar-refractivity contribution in [1.29, 1.82) is 5.41 Å². The predicted molar refractivity (Wildman–Crippen MR) is 59.8 cm³/mol. The Balaban J connectivity index is 4.64. The van der Waals surface area contributed by atoms with E-state index in [1.807, 2.05) is 6.92 Å². The lowest BCUT2D eigenvalue weighted by Crippen LogP contribution is -2.18. The Hall–Kier alpha value is -1.45. The maximum absolute atomic E-state index is 11.6. The number of nitrogens with one attached hydrogen (secondary N) is 1. The lowest BCUT2D eigenvalue weighted by molar-refractivity contribution is -0.124. The van der Waals surface area contributed by atoms with Crippen LogP contribution in [0.25, 0.3) is 0 Å². The summed E-state index contributed by atoms with van der Waals surface area (Å²) in [5.74, 6) is -0.441. The molecular formula is C11H18N2O2. The fraction of sp³-hybridized carbons (Fsp3) is 0.545. The van der Waals surface area contributed by atoms with Crippen molar-refractivity contribution in [3.63, 3.8) is 0 Å². The Morgan fingerprint density at radius 2 is 1.80 bits per heavy atom. The molecule has 0 aromatic heterocycles. The average molecular weight is 210 g/mol. The fourth-order valence-electron chi connectivity index (χ4n) is 1.36. The summed E-state index contributed by atoms with van der Waals surface area (Å²) in [7, 11) is 0. The molecule has 4 nitrogen and oxygen atoms in total. The summed E-state index contributed by atoms with van der Waals surface area (Å²) in [6.45, 7) is 4.94. The summed E-state index contributed by atoms with van der Waals surface area (Å²) in [6, 6.07) is 0. The lowest BCUT2D eigenvalue weighted by Gasteiger charge is -2.06. The second-order valence-corrected chi connectivity index (χ2v) is 3.57. The van der Waals surface area contributed by atoms with Crippen molar-refractivity contribution in [2.24, 2.45) is 5.73 Å². The highest BCUT2D eigenvalue weighted by molar-refractivity contribution is 6.24. The monoisotopic (exact) mass is 210 g/mol. The summed E-state index contributed by atoms with van der Waals surface area (Å²) < 4.78 is 0. The third kappa shape index (κ3) is 4.54. The van der Waals surface area contributed by atoms with E-state index < -0.39 is 0 Å². The van der Waals surface area contributed by atoms with Crippen LogP contribution in [0, 0.1) is 5.41 Å². The summed E-state index contributed by atoms with van der Waals surface area (Å²) in [4.78, 5) is 22.9. The van der Waals surface area contributed by atoms with Crippen LogP contribution in [0.3, 0.4) is 0 Å². The zero-order valence-corrected chi connectivity index (χ0v) is 9.52. The first-order valence-electron chi connectivity index (χ1n) is 4.96. The second kappa shape index (κ2) is 6.11. The van der Waals surface area contributed by atoms with Gasteiger partial charge in [0.1, 0.15) is 5.78 Å². The zero-order valence-electron chi connectivity index (χ0n) is 9.52. The maximum atomic E-state index is 11.6. The van der Waals surface area contributed by atoms with E-state index in [4.69, 9.17) is 11.1 Å². The molecule has 4 heteroatoms. The van der Waals surface area contributed by atoms with E-state index in [0.29, 0.717) is 12.1 Å². The molecular weight excluding hydrogens is 192 g/mol. The van der Waals surface area contributed by atoms with Gasteiger partial charge in [0.05, 0.1) is 12.0 Å². The molecule has 0 aromatic carbocycles. The quantitative estimate of drug-likeness (QED) is 0.396. The number of rotatable bonds is 6. The van der Waals surface area contributed by atoms with Crippen molar-refractivity contribution < 1.29 is 9.59 Å². The van der Waals surface area contributed by atoms with Crippen LogP contribution in [0.1, 0.15) is 40.0 Å². The molecule has 0 heterocycles. The molecule has 0 aliphatic carbocycles. The molecule has 0 fully saturated rings. The van der Waals surface area contributed by atoms with Crippen LogP contribution < -0.4 is 5.73 Å². The Morgan fingerprint density at radius 3 is 2.13 bits per heavy atom. The van der Waals surface area contributed by atoms with Crippen molar-refractivity contribution >= 4 is 17.3 Å². The van der Waals surface area contributed by atoms with E-state index in [1.54, 1.807) is 6.92 Å². The van der Waals surface area contributed by atoms with Gasteiger partial charge in [-0.15, -0.1) is 0 Å². The van der Waals surface area contributed by atoms with Gasteiger partial charge in [-0.2, -0.15) is 0 Å². The van der Waals surface area contributed by atoms with Crippen molar-refractivity contribution in [2.45, 2.75) is 40.0 Å². The number of carbonyl (C=O) groups excluding carboxylic acids is 2. The molecule has 0 aliphatic rings. The van der Waals surface area contributed by atoms with Gasteiger partial charge in [0.25, 0.3) is 0 Å². The highest BCUT2D eigenvalue weighted by Gasteiger charge is 2.17. The Bertz CT molecular complexity index is 313. The number of carbonyl (C=O) groups is 2. The van der Waals surface area contributed by atoms with Gasteiger partial charge in [0.2, 0.25) is 0 Å². The van der Waals surface area contributed by atoms with Gasteiger partial charge in [0, 0.05) is 17.8 Å². The summed E-state index contributed by atoms with van der Waals surface area (Å²) in [6.07, 6.45) is 0.990. The van der Waals surface area contributed by atoms with Gasteiger partial charge in [0.15, 0.2) is 5.78 Å². The zero-order chi connectivity index (χ0) is 12.0. The first kappa shape index (κ1) is 13.5. The van der Waals surface area contributed by atoms with Gasteiger partial charge in [-0.05, 0) is 20.3 Å². The van der Waals surface area contributed by atoms with Crippen molar-refractivity contribution in [3.05, 3.63) is 11.3 Å². The standard InChI is InChI=1S/C11H18N2O2/c1-4-5-9(14)6-10(15)11(7(2)12)8(3)13/h12H,4-6,13H2,1-3H3/b11-8+,12-7?.